The summed E-state index contributed by atoms with van der Waals surface area (Å²) in [5.41, 5.74) is 16.2. The van der Waals surface area contributed by atoms with Crippen molar-refractivity contribution in [3.8, 4) is 0 Å². The second-order valence-corrected chi connectivity index (χ2v) is 6.25. The lowest BCUT2D eigenvalue weighted by atomic mass is 10.0. The molecule has 1 aliphatic rings. The Balaban J connectivity index is 2.66. The minimum absolute atomic E-state index is 0.0424. The first-order chi connectivity index (χ1) is 10.2. The third kappa shape index (κ3) is 1.65. The summed E-state index contributed by atoms with van der Waals surface area (Å²) in [5, 5.41) is -0.0424. The lowest BCUT2D eigenvalue weighted by Gasteiger charge is -2.26. The number of hydrogen-bond acceptors (Lipinski definition) is 4. The van der Waals surface area contributed by atoms with Crippen LogP contribution in [0.5, 0.6) is 0 Å². The molecule has 2 aromatic rings. The van der Waals surface area contributed by atoms with E-state index in [0.717, 1.165) is 6.42 Å². The number of carbonyl (C=O) groups excluding carboxylic acids is 1. The van der Waals surface area contributed by atoms with E-state index in [1.165, 1.54) is 6.07 Å². The van der Waals surface area contributed by atoms with Gasteiger partial charge in [-0.3, -0.25) is 9.59 Å². The Hall–Kier alpha value is -2.57. The van der Waals surface area contributed by atoms with Gasteiger partial charge in [-0.2, -0.15) is 0 Å². The molecule has 2 heterocycles. The molecule has 0 aliphatic carbocycles. The molecule has 6 N–H and O–H groups in total. The van der Waals surface area contributed by atoms with Crippen LogP contribution < -0.4 is 22.6 Å². The predicted octanol–water partition coefficient (Wildman–Crippen LogP) is 1.09. The molecule has 0 fully saturated rings. The van der Waals surface area contributed by atoms with Crippen molar-refractivity contribution in [2.75, 3.05) is 11.5 Å². The SMILES string of the molecule is CC1(C)CCc2c(C(N)=O)c(=O)c3c(N)c(F)c(N)cc3n21. The molecule has 0 saturated carbocycles. The fourth-order valence-corrected chi connectivity index (χ4v) is 3.33. The molecule has 0 spiro atoms. The van der Waals surface area contributed by atoms with Crippen molar-refractivity contribution in [1.29, 1.82) is 0 Å². The van der Waals surface area contributed by atoms with Crippen LogP contribution in [0, 0.1) is 5.82 Å². The maximum absolute atomic E-state index is 14.0. The van der Waals surface area contributed by atoms with E-state index in [1.807, 2.05) is 18.4 Å². The van der Waals surface area contributed by atoms with Crippen molar-refractivity contribution < 1.29 is 9.18 Å². The Morgan fingerprint density at radius 2 is 2.00 bits per heavy atom. The van der Waals surface area contributed by atoms with Crippen LogP contribution in [-0.2, 0) is 12.0 Å². The first kappa shape index (κ1) is 14.4. The number of anilines is 2. The van der Waals surface area contributed by atoms with Gasteiger partial charge >= 0.3 is 0 Å². The third-order valence-corrected chi connectivity index (χ3v) is 4.39. The lowest BCUT2D eigenvalue weighted by molar-refractivity contribution is 0.0998. The molecular weight excluding hydrogens is 287 g/mol. The van der Waals surface area contributed by atoms with Gasteiger partial charge in [-0.25, -0.2) is 4.39 Å². The van der Waals surface area contributed by atoms with Crippen LogP contribution in [0.25, 0.3) is 10.9 Å². The van der Waals surface area contributed by atoms with Crippen molar-refractivity contribution in [2.45, 2.75) is 32.2 Å². The van der Waals surface area contributed by atoms with E-state index in [2.05, 4.69) is 0 Å². The summed E-state index contributed by atoms with van der Waals surface area (Å²) in [4.78, 5) is 24.4. The van der Waals surface area contributed by atoms with Crippen LogP contribution in [0.2, 0.25) is 0 Å². The largest absolute Gasteiger partial charge is 0.396 e. The van der Waals surface area contributed by atoms with Crippen LogP contribution in [0.1, 0.15) is 36.3 Å². The molecule has 22 heavy (non-hydrogen) atoms. The molecule has 0 radical (unpaired) electrons. The molecule has 0 unspecified atom stereocenters. The highest BCUT2D eigenvalue weighted by molar-refractivity contribution is 6.02. The lowest BCUT2D eigenvalue weighted by Crippen LogP contribution is -2.31. The van der Waals surface area contributed by atoms with Gasteiger partial charge in [0.2, 0.25) is 5.43 Å². The van der Waals surface area contributed by atoms with Gasteiger partial charge in [0.1, 0.15) is 5.56 Å². The van der Waals surface area contributed by atoms with Gasteiger partial charge in [0.25, 0.3) is 5.91 Å². The van der Waals surface area contributed by atoms with Crippen molar-refractivity contribution in [3.63, 3.8) is 0 Å². The average molecular weight is 304 g/mol. The average Bonchev–Trinajstić information content (AvgIpc) is 2.71. The fourth-order valence-electron chi connectivity index (χ4n) is 3.33. The number of rotatable bonds is 1. The Morgan fingerprint density at radius 1 is 1.36 bits per heavy atom. The number of primary amides is 1. The highest BCUT2D eigenvalue weighted by Gasteiger charge is 2.35. The number of pyridine rings is 1. The highest BCUT2D eigenvalue weighted by Crippen LogP contribution is 2.38. The zero-order chi connectivity index (χ0) is 16.4. The van der Waals surface area contributed by atoms with Gasteiger partial charge in [0, 0.05) is 11.2 Å². The molecule has 1 aliphatic heterocycles. The minimum atomic E-state index is -0.851. The molecule has 1 amide bonds. The van der Waals surface area contributed by atoms with Crippen LogP contribution in [0.3, 0.4) is 0 Å². The van der Waals surface area contributed by atoms with Crippen LogP contribution in [-0.4, -0.2) is 10.5 Å². The van der Waals surface area contributed by atoms with Crippen LogP contribution in [0.4, 0.5) is 15.8 Å². The van der Waals surface area contributed by atoms with Crippen molar-refractivity contribution >= 4 is 28.2 Å². The van der Waals surface area contributed by atoms with E-state index in [9.17, 15) is 14.0 Å². The van der Waals surface area contributed by atoms with Gasteiger partial charge in [0.05, 0.1) is 22.3 Å². The van der Waals surface area contributed by atoms with Crippen molar-refractivity contribution in [1.82, 2.24) is 4.57 Å². The van der Waals surface area contributed by atoms with E-state index in [4.69, 9.17) is 17.2 Å². The Bertz CT molecular complexity index is 899. The van der Waals surface area contributed by atoms with E-state index in [0.29, 0.717) is 17.6 Å². The molecular formula is C15H17FN4O2. The van der Waals surface area contributed by atoms with Crippen LogP contribution >= 0.6 is 0 Å². The Morgan fingerprint density at radius 3 is 2.59 bits per heavy atom. The number of nitrogen functional groups attached to an aromatic ring is 2. The molecule has 0 saturated heterocycles. The summed E-state index contributed by atoms with van der Waals surface area (Å²) in [7, 11) is 0. The molecule has 1 aromatic carbocycles. The summed E-state index contributed by atoms with van der Waals surface area (Å²) in [6, 6.07) is 1.39. The summed E-state index contributed by atoms with van der Waals surface area (Å²) in [6.07, 6.45) is 1.26. The normalized spacial score (nSPS) is 16.0. The molecule has 1 aromatic heterocycles. The number of hydrogen-bond donors (Lipinski definition) is 3. The van der Waals surface area contributed by atoms with E-state index < -0.39 is 17.2 Å². The summed E-state index contributed by atoms with van der Waals surface area (Å²) in [6.45, 7) is 3.93. The van der Waals surface area contributed by atoms with Gasteiger partial charge in [-0.05, 0) is 32.8 Å². The fraction of sp³-hybridized carbons (Fsp3) is 0.333. The number of fused-ring (bicyclic) bond motifs is 3. The topological polar surface area (TPSA) is 117 Å². The highest BCUT2D eigenvalue weighted by atomic mass is 19.1. The van der Waals surface area contributed by atoms with Crippen LogP contribution in [0.15, 0.2) is 10.9 Å². The second-order valence-electron chi connectivity index (χ2n) is 6.25. The van der Waals surface area contributed by atoms with Gasteiger partial charge in [-0.1, -0.05) is 0 Å². The molecule has 0 bridgehead atoms. The number of carbonyl (C=O) groups is 1. The summed E-state index contributed by atoms with van der Waals surface area (Å²) >= 11 is 0. The maximum Gasteiger partial charge on any atom is 0.254 e. The van der Waals surface area contributed by atoms with Gasteiger partial charge < -0.3 is 21.8 Å². The number of benzene rings is 1. The third-order valence-electron chi connectivity index (χ3n) is 4.39. The standard InChI is InChI=1S/C15H17FN4O2/c1-15(2)4-3-7-10(14(19)22)13(21)9-8(20(7)15)5-6(17)11(16)12(9)18/h5H,3-4,17-18H2,1-2H3,(H2,19,22). The number of amides is 1. The van der Waals surface area contributed by atoms with Crippen molar-refractivity contribution in [2.24, 2.45) is 5.73 Å². The Kier molecular flexibility index (Phi) is 2.76. The minimum Gasteiger partial charge on any atom is -0.396 e. The van der Waals surface area contributed by atoms with E-state index in [1.54, 1.807) is 0 Å². The van der Waals surface area contributed by atoms with Gasteiger partial charge in [-0.15, -0.1) is 0 Å². The number of halogens is 1. The maximum atomic E-state index is 14.0. The number of aromatic nitrogens is 1. The predicted molar refractivity (Wildman–Crippen MR) is 83.2 cm³/mol. The van der Waals surface area contributed by atoms with E-state index in [-0.39, 0.29) is 27.9 Å². The van der Waals surface area contributed by atoms with Gasteiger partial charge in [0.15, 0.2) is 5.82 Å². The van der Waals surface area contributed by atoms with Crippen molar-refractivity contribution in [3.05, 3.63) is 33.4 Å². The first-order valence-electron chi connectivity index (χ1n) is 6.92. The zero-order valence-electron chi connectivity index (χ0n) is 12.4. The smallest absolute Gasteiger partial charge is 0.254 e. The molecule has 116 valence electrons. The molecule has 0 atom stereocenters. The summed E-state index contributed by atoms with van der Waals surface area (Å²) in [5.74, 6) is -1.68. The molecule has 6 nitrogen and oxygen atoms in total. The summed E-state index contributed by atoms with van der Waals surface area (Å²) < 4.78 is 15.8. The number of nitrogens with zero attached hydrogens (tertiary/aromatic N) is 1. The second kappa shape index (κ2) is 4.22. The molecule has 7 heteroatoms. The Labute approximate surface area is 125 Å². The van der Waals surface area contributed by atoms with E-state index >= 15 is 0 Å². The first-order valence-corrected chi connectivity index (χ1v) is 6.92. The number of nitrogens with two attached hydrogens (primary N) is 3. The quantitative estimate of drug-likeness (QED) is 0.683. The monoisotopic (exact) mass is 304 g/mol. The molecule has 3 rings (SSSR count). The zero-order valence-corrected chi connectivity index (χ0v) is 12.4.